The molecule has 0 radical (unpaired) electrons. The van der Waals surface area contributed by atoms with Crippen molar-refractivity contribution in [3.63, 3.8) is 0 Å². The van der Waals surface area contributed by atoms with Crippen molar-refractivity contribution in [2.45, 2.75) is 32.0 Å². The minimum Gasteiger partial charge on any atom is -0.384 e. The molecule has 3 aromatic rings. The van der Waals surface area contributed by atoms with E-state index in [2.05, 4.69) is 20.6 Å². The Bertz CT molecular complexity index is 1240. The fourth-order valence-corrected chi connectivity index (χ4v) is 3.76. The smallest absolute Gasteiger partial charge is 0.384 e. The van der Waals surface area contributed by atoms with Gasteiger partial charge in [-0.05, 0) is 55.3 Å². The van der Waals surface area contributed by atoms with Gasteiger partial charge in [0.2, 0.25) is 5.91 Å². The topological polar surface area (TPSA) is 110 Å². The minimum absolute atomic E-state index is 0.0210. The van der Waals surface area contributed by atoms with Crippen LogP contribution in [0.4, 0.5) is 30.4 Å². The molecule has 1 aliphatic rings. The van der Waals surface area contributed by atoms with Gasteiger partial charge >= 0.3 is 6.18 Å². The summed E-state index contributed by atoms with van der Waals surface area (Å²) >= 11 is 5.71. The Morgan fingerprint density at radius 2 is 1.83 bits per heavy atom. The number of nitrogen functional groups attached to an aromatic ring is 1. The molecule has 1 fully saturated rings. The van der Waals surface area contributed by atoms with Crippen molar-refractivity contribution in [1.29, 1.82) is 0 Å². The van der Waals surface area contributed by atoms with Gasteiger partial charge in [-0.1, -0.05) is 11.6 Å². The summed E-state index contributed by atoms with van der Waals surface area (Å²) in [7, 11) is 0. The van der Waals surface area contributed by atoms with Crippen LogP contribution in [0.1, 0.15) is 40.9 Å². The van der Waals surface area contributed by atoms with Gasteiger partial charge in [0.15, 0.2) is 5.78 Å². The Morgan fingerprint density at radius 1 is 1.06 bits per heavy atom. The van der Waals surface area contributed by atoms with Gasteiger partial charge in [-0.2, -0.15) is 13.2 Å². The number of carbonyl (C=O) groups is 2. The molecule has 0 saturated heterocycles. The molecular weight excluding hydrogens is 483 g/mol. The van der Waals surface area contributed by atoms with Crippen LogP contribution in [0.15, 0.2) is 54.9 Å². The molecule has 0 bridgehead atoms. The monoisotopic (exact) mass is 503 g/mol. The van der Waals surface area contributed by atoms with Crippen molar-refractivity contribution < 1.29 is 22.8 Å². The molecule has 1 aromatic carbocycles. The van der Waals surface area contributed by atoms with Crippen LogP contribution < -0.4 is 16.4 Å². The highest BCUT2D eigenvalue weighted by molar-refractivity contribution is 6.30. The highest BCUT2D eigenvalue weighted by Crippen LogP contribution is 2.49. The molecule has 0 atom stereocenters. The minimum atomic E-state index is -4.57. The Morgan fingerprint density at radius 3 is 2.43 bits per heavy atom. The summed E-state index contributed by atoms with van der Waals surface area (Å²) in [5, 5.41) is 5.47. The largest absolute Gasteiger partial charge is 0.418 e. The van der Waals surface area contributed by atoms with Crippen LogP contribution in [0.3, 0.4) is 0 Å². The van der Waals surface area contributed by atoms with E-state index in [1.54, 1.807) is 18.2 Å². The summed E-state index contributed by atoms with van der Waals surface area (Å²) in [4.78, 5) is 33.4. The van der Waals surface area contributed by atoms with Crippen molar-refractivity contribution in [2.24, 2.45) is 5.41 Å². The van der Waals surface area contributed by atoms with Crippen LogP contribution in [0, 0.1) is 5.41 Å². The summed E-state index contributed by atoms with van der Waals surface area (Å²) in [6, 6.07) is 9.73. The maximum absolute atomic E-state index is 13.3. The van der Waals surface area contributed by atoms with Gasteiger partial charge in [0.1, 0.15) is 5.82 Å². The standard InChI is InChI=1S/C24H21ClF3N5O2/c25-15-2-5-19(18(9-15)24(26,27)28)33-17-4-3-16(30-13-17)12-32-22(35)23(7-8-23)10-20(34)14-1-6-21(29)31-11-14/h1-6,9,11,13,33H,7-8,10,12H2,(H2,29,31)(H,32,35). The van der Waals surface area contributed by atoms with Crippen LogP contribution in [0.25, 0.3) is 0 Å². The summed E-state index contributed by atoms with van der Waals surface area (Å²) in [5.74, 6) is -0.114. The van der Waals surface area contributed by atoms with E-state index >= 15 is 0 Å². The van der Waals surface area contributed by atoms with Crippen molar-refractivity contribution >= 4 is 40.5 Å². The summed E-state index contributed by atoms with van der Waals surface area (Å²) in [5.41, 5.74) is 5.01. The number of benzene rings is 1. The molecule has 182 valence electrons. The third kappa shape index (κ3) is 5.89. The van der Waals surface area contributed by atoms with Gasteiger partial charge in [-0.15, -0.1) is 0 Å². The molecule has 7 nitrogen and oxygen atoms in total. The van der Waals surface area contributed by atoms with Crippen molar-refractivity contribution in [3.05, 3.63) is 76.7 Å². The van der Waals surface area contributed by atoms with Crippen LogP contribution in [0.2, 0.25) is 5.02 Å². The van der Waals surface area contributed by atoms with Crippen LogP contribution in [-0.2, 0) is 17.5 Å². The first-order valence-corrected chi connectivity index (χ1v) is 11.1. The molecule has 0 aliphatic heterocycles. The summed E-state index contributed by atoms with van der Waals surface area (Å²) < 4.78 is 39.8. The van der Waals surface area contributed by atoms with Gasteiger partial charge in [0, 0.05) is 23.2 Å². The van der Waals surface area contributed by atoms with E-state index in [9.17, 15) is 22.8 Å². The van der Waals surface area contributed by atoms with Crippen LogP contribution in [-0.4, -0.2) is 21.7 Å². The fourth-order valence-electron chi connectivity index (χ4n) is 3.59. The Balaban J connectivity index is 1.34. The number of ketones is 1. The van der Waals surface area contributed by atoms with Gasteiger partial charge in [0.05, 0.1) is 40.8 Å². The average molecular weight is 504 g/mol. The molecular formula is C24H21ClF3N5O2. The lowest BCUT2D eigenvalue weighted by Crippen LogP contribution is -2.33. The number of nitrogens with two attached hydrogens (primary N) is 1. The number of hydrogen-bond donors (Lipinski definition) is 3. The zero-order valence-electron chi connectivity index (χ0n) is 18.3. The summed E-state index contributed by atoms with van der Waals surface area (Å²) in [6.45, 7) is 0.118. The van der Waals surface area contributed by atoms with Gasteiger partial charge < -0.3 is 16.4 Å². The number of alkyl halides is 3. The molecule has 2 aromatic heterocycles. The maximum atomic E-state index is 13.3. The SMILES string of the molecule is Nc1ccc(C(=O)CC2(C(=O)NCc3ccc(Nc4ccc(Cl)cc4C(F)(F)F)cn3)CC2)cn1. The number of anilines is 3. The molecule has 1 saturated carbocycles. The second kappa shape index (κ2) is 9.53. The summed E-state index contributed by atoms with van der Waals surface area (Å²) in [6.07, 6.45) is -0.524. The predicted octanol–water partition coefficient (Wildman–Crippen LogP) is 5.14. The van der Waals surface area contributed by atoms with E-state index in [0.29, 0.717) is 35.6 Å². The average Bonchev–Trinajstić information content (AvgIpc) is 3.60. The number of rotatable bonds is 8. The lowest BCUT2D eigenvalue weighted by atomic mass is 9.95. The van der Waals surface area contributed by atoms with E-state index in [1.807, 2.05) is 0 Å². The van der Waals surface area contributed by atoms with Crippen molar-refractivity contribution in [1.82, 2.24) is 15.3 Å². The van der Waals surface area contributed by atoms with Crippen molar-refractivity contribution in [2.75, 3.05) is 11.1 Å². The van der Waals surface area contributed by atoms with E-state index in [4.69, 9.17) is 17.3 Å². The molecule has 4 N–H and O–H groups in total. The van der Waals surface area contributed by atoms with Gasteiger partial charge in [-0.3, -0.25) is 14.6 Å². The lowest BCUT2D eigenvalue weighted by Gasteiger charge is -2.16. The van der Waals surface area contributed by atoms with Crippen LogP contribution in [0.5, 0.6) is 0 Å². The molecule has 0 spiro atoms. The zero-order valence-corrected chi connectivity index (χ0v) is 19.1. The van der Waals surface area contributed by atoms with E-state index < -0.39 is 17.2 Å². The maximum Gasteiger partial charge on any atom is 0.418 e. The molecule has 2 heterocycles. The molecule has 35 heavy (non-hydrogen) atoms. The first kappa shape index (κ1) is 24.5. The lowest BCUT2D eigenvalue weighted by molar-refractivity contribution is -0.137. The highest BCUT2D eigenvalue weighted by atomic mass is 35.5. The van der Waals surface area contributed by atoms with Gasteiger partial charge in [0.25, 0.3) is 0 Å². The first-order valence-electron chi connectivity index (χ1n) is 10.7. The Hall–Kier alpha value is -3.66. The third-order valence-electron chi connectivity index (χ3n) is 5.76. The van der Waals surface area contributed by atoms with E-state index in [-0.39, 0.29) is 35.4 Å². The second-order valence-corrected chi connectivity index (χ2v) is 8.82. The van der Waals surface area contributed by atoms with E-state index in [1.165, 1.54) is 30.6 Å². The molecule has 0 unspecified atom stereocenters. The predicted molar refractivity (Wildman–Crippen MR) is 125 cm³/mol. The molecule has 11 heteroatoms. The number of carbonyl (C=O) groups excluding carboxylic acids is 2. The first-order chi connectivity index (χ1) is 16.6. The second-order valence-electron chi connectivity index (χ2n) is 8.39. The normalized spacial score (nSPS) is 14.3. The zero-order chi connectivity index (χ0) is 25.2. The van der Waals surface area contributed by atoms with Crippen LogP contribution >= 0.6 is 11.6 Å². The highest BCUT2D eigenvalue weighted by Gasteiger charge is 2.51. The quantitative estimate of drug-likeness (QED) is 0.367. The van der Waals surface area contributed by atoms with Crippen molar-refractivity contribution in [3.8, 4) is 0 Å². The number of hydrogen-bond acceptors (Lipinski definition) is 6. The van der Waals surface area contributed by atoms with Gasteiger partial charge in [-0.25, -0.2) is 4.98 Å². The number of Topliss-reactive ketones (excluding diaryl/α,β-unsaturated/α-hetero) is 1. The number of aromatic nitrogens is 2. The molecule has 4 rings (SSSR count). The number of pyridine rings is 2. The Labute approximate surface area is 203 Å². The number of halogens is 4. The Kier molecular flexibility index (Phi) is 6.66. The fraction of sp³-hybridized carbons (Fsp3) is 0.250. The molecule has 1 amide bonds. The number of nitrogens with zero attached hydrogens (tertiary/aromatic N) is 2. The number of nitrogens with one attached hydrogen (secondary N) is 2. The van der Waals surface area contributed by atoms with E-state index in [0.717, 1.165) is 6.07 Å². The third-order valence-corrected chi connectivity index (χ3v) is 6.00. The number of amides is 1. The molecule has 1 aliphatic carbocycles.